The summed E-state index contributed by atoms with van der Waals surface area (Å²) in [6.07, 6.45) is 1.75. The minimum absolute atomic E-state index is 0. The maximum Gasteiger partial charge on any atom is 0.191 e. The minimum atomic E-state index is 0. The zero-order valence-corrected chi connectivity index (χ0v) is 21.2. The second kappa shape index (κ2) is 14.9. The molecule has 3 rings (SSSR count). The van der Waals surface area contributed by atoms with Crippen LogP contribution in [0.5, 0.6) is 5.75 Å². The van der Waals surface area contributed by atoms with Gasteiger partial charge in [-0.05, 0) is 24.1 Å². The quantitative estimate of drug-likeness (QED) is 0.203. The van der Waals surface area contributed by atoms with Gasteiger partial charge in [0.25, 0.3) is 0 Å². The lowest BCUT2D eigenvalue weighted by atomic mass is 10.1. The van der Waals surface area contributed by atoms with Gasteiger partial charge in [-0.1, -0.05) is 55.1 Å². The molecule has 0 aromatic heterocycles. The molecule has 2 aromatic rings. The number of para-hydroxylation sites is 1. The number of rotatable bonds is 10. The molecule has 1 aliphatic heterocycles. The van der Waals surface area contributed by atoms with Gasteiger partial charge in [0.2, 0.25) is 0 Å². The van der Waals surface area contributed by atoms with Gasteiger partial charge in [0.1, 0.15) is 12.4 Å². The summed E-state index contributed by atoms with van der Waals surface area (Å²) in [5.74, 6) is 1.65. The summed E-state index contributed by atoms with van der Waals surface area (Å²) >= 11 is 0. The van der Waals surface area contributed by atoms with Crippen LogP contribution in [0.1, 0.15) is 23.6 Å². The Balaban J connectivity index is 0.00000363. The molecular weight excluding hydrogens is 515 g/mol. The second-order valence-electron chi connectivity index (χ2n) is 7.46. The van der Waals surface area contributed by atoms with Crippen LogP contribution in [0, 0.1) is 0 Å². The summed E-state index contributed by atoms with van der Waals surface area (Å²) in [6.45, 7) is 13.0. The summed E-state index contributed by atoms with van der Waals surface area (Å²) in [7, 11) is 0. The maximum atomic E-state index is 5.74. The van der Waals surface area contributed by atoms with Crippen molar-refractivity contribution in [3.8, 4) is 5.75 Å². The predicted molar refractivity (Wildman–Crippen MR) is 142 cm³/mol. The van der Waals surface area contributed by atoms with E-state index in [1.807, 2.05) is 18.2 Å². The summed E-state index contributed by atoms with van der Waals surface area (Å²) in [4.78, 5) is 7.18. The van der Waals surface area contributed by atoms with E-state index in [-0.39, 0.29) is 24.0 Å². The first kappa shape index (κ1) is 26.2. The molecule has 0 saturated carbocycles. The van der Waals surface area contributed by atoms with Crippen molar-refractivity contribution in [1.82, 2.24) is 15.5 Å². The Kier molecular flexibility index (Phi) is 12.2. The molecule has 2 N–H and O–H groups in total. The molecule has 0 aliphatic carbocycles. The Morgan fingerprint density at radius 2 is 1.81 bits per heavy atom. The summed E-state index contributed by atoms with van der Waals surface area (Å²) in [5, 5.41) is 6.72. The van der Waals surface area contributed by atoms with Crippen molar-refractivity contribution in [2.45, 2.75) is 26.6 Å². The van der Waals surface area contributed by atoms with Crippen LogP contribution in [0.25, 0.3) is 0 Å². The van der Waals surface area contributed by atoms with Gasteiger partial charge < -0.3 is 20.1 Å². The molecule has 6 nitrogen and oxygen atoms in total. The van der Waals surface area contributed by atoms with Gasteiger partial charge in [-0.2, -0.15) is 0 Å². The molecule has 0 unspecified atom stereocenters. The van der Waals surface area contributed by atoms with Gasteiger partial charge in [-0.25, -0.2) is 4.99 Å². The van der Waals surface area contributed by atoms with Gasteiger partial charge in [0, 0.05) is 38.3 Å². The van der Waals surface area contributed by atoms with Gasteiger partial charge in [0.15, 0.2) is 5.96 Å². The third-order valence-corrected chi connectivity index (χ3v) is 5.07. The number of aliphatic imine (C=N–C) groups is 1. The molecule has 32 heavy (non-hydrogen) atoms. The molecule has 0 spiro atoms. The average molecular weight is 550 g/mol. The van der Waals surface area contributed by atoms with E-state index in [1.165, 1.54) is 11.1 Å². The molecule has 0 radical (unpaired) electrons. The average Bonchev–Trinajstić information content (AvgIpc) is 2.81. The smallest absolute Gasteiger partial charge is 0.191 e. The van der Waals surface area contributed by atoms with Crippen molar-refractivity contribution in [1.29, 1.82) is 0 Å². The van der Waals surface area contributed by atoms with Gasteiger partial charge >= 0.3 is 0 Å². The van der Waals surface area contributed by atoms with Gasteiger partial charge in [0.05, 0.1) is 19.8 Å². The maximum absolute atomic E-state index is 5.74. The first-order chi connectivity index (χ1) is 15.3. The lowest BCUT2D eigenvalue weighted by Gasteiger charge is -2.26. The topological polar surface area (TPSA) is 58.1 Å². The van der Waals surface area contributed by atoms with E-state index in [4.69, 9.17) is 14.5 Å². The summed E-state index contributed by atoms with van der Waals surface area (Å²) in [6, 6.07) is 16.8. The highest BCUT2D eigenvalue weighted by Crippen LogP contribution is 2.17. The highest BCUT2D eigenvalue weighted by atomic mass is 127. The van der Waals surface area contributed by atoms with Crippen molar-refractivity contribution in [2.75, 3.05) is 39.5 Å². The van der Waals surface area contributed by atoms with Crippen molar-refractivity contribution >= 4 is 29.9 Å². The molecule has 0 amide bonds. The Hall–Kier alpha value is -2.10. The molecule has 1 heterocycles. The number of hydrogen-bond acceptors (Lipinski definition) is 4. The predicted octanol–water partition coefficient (Wildman–Crippen LogP) is 3.96. The van der Waals surface area contributed by atoms with Crippen molar-refractivity contribution in [2.24, 2.45) is 4.99 Å². The van der Waals surface area contributed by atoms with Gasteiger partial charge in [-0.15, -0.1) is 24.0 Å². The number of nitrogens with zero attached hydrogens (tertiary/aromatic N) is 2. The Bertz CT molecular complexity index is 836. The van der Waals surface area contributed by atoms with Crippen LogP contribution in [-0.4, -0.2) is 50.3 Å². The monoisotopic (exact) mass is 550 g/mol. The van der Waals surface area contributed by atoms with Crippen LogP contribution in [0.4, 0.5) is 0 Å². The number of benzene rings is 2. The number of nitrogens with one attached hydrogen (secondary N) is 2. The molecule has 0 bridgehead atoms. The first-order valence-electron chi connectivity index (χ1n) is 11.0. The van der Waals surface area contributed by atoms with E-state index < -0.39 is 0 Å². The Morgan fingerprint density at radius 3 is 2.53 bits per heavy atom. The molecular formula is C25H35IN4O2. The van der Waals surface area contributed by atoms with E-state index in [0.717, 1.165) is 56.7 Å². The number of halogens is 1. The third kappa shape index (κ3) is 8.80. The summed E-state index contributed by atoms with van der Waals surface area (Å²) in [5.41, 5.74) is 3.61. The van der Waals surface area contributed by atoms with Crippen molar-refractivity contribution < 1.29 is 9.47 Å². The standard InChI is InChI=1S/C25H34N4O2.HI/c1-3-15-31-24-8-6-5-7-23(24)19-28-25(26-4-2)27-18-21-9-11-22(12-10-21)20-29-13-16-30-17-14-29;/h3,5-12H,1,4,13-20H2,2H3,(H2,26,27,28);1H. The third-order valence-electron chi connectivity index (χ3n) is 5.07. The van der Waals surface area contributed by atoms with E-state index in [9.17, 15) is 0 Å². The fourth-order valence-electron chi connectivity index (χ4n) is 3.40. The SMILES string of the molecule is C=CCOc1ccccc1CNC(=NCc1ccc(CN2CCOCC2)cc1)NCC.I. The molecule has 2 aromatic carbocycles. The van der Waals surface area contributed by atoms with Crippen LogP contribution in [0.3, 0.4) is 0 Å². The van der Waals surface area contributed by atoms with E-state index in [1.54, 1.807) is 6.08 Å². The first-order valence-corrected chi connectivity index (χ1v) is 11.0. The van der Waals surface area contributed by atoms with Gasteiger partial charge in [-0.3, -0.25) is 4.90 Å². The van der Waals surface area contributed by atoms with Crippen LogP contribution < -0.4 is 15.4 Å². The molecule has 7 heteroatoms. The van der Waals surface area contributed by atoms with E-state index >= 15 is 0 Å². The summed E-state index contributed by atoms with van der Waals surface area (Å²) < 4.78 is 11.2. The normalized spacial score (nSPS) is 14.3. The zero-order valence-electron chi connectivity index (χ0n) is 18.9. The lowest BCUT2D eigenvalue weighted by molar-refractivity contribution is 0.0342. The Labute approximate surface area is 209 Å². The molecule has 0 atom stereocenters. The van der Waals surface area contributed by atoms with Crippen LogP contribution in [-0.2, 0) is 24.4 Å². The van der Waals surface area contributed by atoms with Crippen LogP contribution in [0.2, 0.25) is 0 Å². The minimum Gasteiger partial charge on any atom is -0.489 e. The van der Waals surface area contributed by atoms with E-state index in [0.29, 0.717) is 19.7 Å². The Morgan fingerprint density at radius 1 is 1.09 bits per heavy atom. The highest BCUT2D eigenvalue weighted by Gasteiger charge is 2.10. The lowest BCUT2D eigenvalue weighted by Crippen LogP contribution is -2.36. The number of ether oxygens (including phenoxy) is 2. The van der Waals surface area contributed by atoms with Crippen molar-refractivity contribution in [3.05, 3.63) is 77.9 Å². The molecule has 174 valence electrons. The second-order valence-corrected chi connectivity index (χ2v) is 7.46. The fourth-order valence-corrected chi connectivity index (χ4v) is 3.40. The van der Waals surface area contributed by atoms with Crippen LogP contribution >= 0.6 is 24.0 Å². The van der Waals surface area contributed by atoms with Crippen molar-refractivity contribution in [3.63, 3.8) is 0 Å². The largest absolute Gasteiger partial charge is 0.489 e. The number of morpholine rings is 1. The molecule has 1 saturated heterocycles. The van der Waals surface area contributed by atoms with Crippen LogP contribution in [0.15, 0.2) is 66.2 Å². The number of hydrogen-bond donors (Lipinski definition) is 2. The highest BCUT2D eigenvalue weighted by molar-refractivity contribution is 14.0. The fraction of sp³-hybridized carbons (Fsp3) is 0.400. The molecule has 1 fully saturated rings. The number of guanidine groups is 1. The zero-order chi connectivity index (χ0) is 21.7. The molecule has 1 aliphatic rings. The van der Waals surface area contributed by atoms with E-state index in [2.05, 4.69) is 59.4 Å².